The second kappa shape index (κ2) is 14.0. The van der Waals surface area contributed by atoms with Gasteiger partial charge in [0.1, 0.15) is 0 Å². The Labute approximate surface area is 187 Å². The van der Waals surface area contributed by atoms with Crippen LogP contribution in [0.25, 0.3) is 0 Å². The lowest BCUT2D eigenvalue weighted by Gasteiger charge is -2.35. The number of aliphatic hydroxyl groups excluding tert-OH is 1. The van der Waals surface area contributed by atoms with Crippen LogP contribution in [0.3, 0.4) is 0 Å². The molecule has 6 heteroatoms. The van der Waals surface area contributed by atoms with Gasteiger partial charge in [0.15, 0.2) is 0 Å². The van der Waals surface area contributed by atoms with E-state index in [9.17, 15) is 5.11 Å². The maximum absolute atomic E-state index is 10.4. The topological polar surface area (TPSA) is 35.9 Å². The van der Waals surface area contributed by atoms with Crippen LogP contribution in [0.4, 0.5) is 0 Å². The minimum absolute atomic E-state index is 0. The molecule has 4 nitrogen and oxygen atoms in total. The molecule has 0 aromatic heterocycles. The van der Waals surface area contributed by atoms with Crippen molar-refractivity contribution in [1.29, 1.82) is 0 Å². The third-order valence-corrected chi connectivity index (χ3v) is 5.21. The lowest BCUT2D eigenvalue weighted by atomic mass is 10.1. The van der Waals surface area contributed by atoms with Crippen LogP contribution in [-0.4, -0.2) is 60.3 Å². The molecule has 2 aromatic rings. The average Bonchev–Trinajstić information content (AvgIpc) is 2.71. The molecule has 0 aliphatic carbocycles. The van der Waals surface area contributed by atoms with Crippen molar-refractivity contribution >= 4 is 24.8 Å². The smallest absolute Gasteiger partial charge is 0.0900 e. The minimum Gasteiger partial charge on any atom is -0.389 e. The van der Waals surface area contributed by atoms with Crippen LogP contribution < -0.4 is 0 Å². The van der Waals surface area contributed by atoms with Gasteiger partial charge < -0.3 is 9.84 Å². The zero-order valence-electron chi connectivity index (χ0n) is 17.2. The Kier molecular flexibility index (Phi) is 12.5. The second-order valence-electron chi connectivity index (χ2n) is 7.36. The van der Waals surface area contributed by atoms with Crippen molar-refractivity contribution < 1.29 is 9.84 Å². The van der Waals surface area contributed by atoms with E-state index in [0.717, 1.165) is 39.1 Å². The molecule has 2 aromatic carbocycles. The predicted octanol–water partition coefficient (Wildman–Crippen LogP) is 4.18. The van der Waals surface area contributed by atoms with Crippen molar-refractivity contribution in [3.05, 3.63) is 71.8 Å². The Bertz CT molecular complexity index is 652. The first-order valence-corrected chi connectivity index (χ1v) is 10.1. The molecule has 1 aliphatic heterocycles. The van der Waals surface area contributed by atoms with E-state index in [1.807, 2.05) is 18.2 Å². The molecule has 1 saturated heterocycles. The van der Waals surface area contributed by atoms with Gasteiger partial charge in [-0.1, -0.05) is 67.6 Å². The van der Waals surface area contributed by atoms with E-state index in [0.29, 0.717) is 13.2 Å². The highest BCUT2D eigenvalue weighted by Crippen LogP contribution is 2.20. The summed E-state index contributed by atoms with van der Waals surface area (Å²) in [5.74, 6) is 0. The molecule has 0 amide bonds. The van der Waals surface area contributed by atoms with Gasteiger partial charge in [-0.05, 0) is 17.5 Å². The van der Waals surface area contributed by atoms with Crippen molar-refractivity contribution in [2.24, 2.45) is 0 Å². The summed E-state index contributed by atoms with van der Waals surface area (Å²) in [6.45, 7) is 8.29. The molecule has 29 heavy (non-hydrogen) atoms. The first-order chi connectivity index (χ1) is 13.2. The van der Waals surface area contributed by atoms with Crippen molar-refractivity contribution in [3.63, 3.8) is 0 Å². The van der Waals surface area contributed by atoms with Crippen molar-refractivity contribution in [3.8, 4) is 0 Å². The van der Waals surface area contributed by atoms with E-state index in [1.165, 1.54) is 11.1 Å². The summed E-state index contributed by atoms with van der Waals surface area (Å²) < 4.78 is 5.99. The maximum Gasteiger partial charge on any atom is 0.0900 e. The number of benzene rings is 2. The summed E-state index contributed by atoms with van der Waals surface area (Å²) in [6, 6.07) is 20.9. The molecular formula is C23H34Cl2N2O2. The fraction of sp³-hybridized carbons (Fsp3) is 0.478. The molecule has 2 atom stereocenters. The highest BCUT2D eigenvalue weighted by Gasteiger charge is 2.20. The van der Waals surface area contributed by atoms with Crippen molar-refractivity contribution in [2.75, 3.05) is 39.3 Å². The number of aliphatic hydroxyl groups is 1. The zero-order valence-corrected chi connectivity index (χ0v) is 18.8. The summed E-state index contributed by atoms with van der Waals surface area (Å²) in [4.78, 5) is 4.83. The molecule has 1 heterocycles. The number of rotatable bonds is 9. The highest BCUT2D eigenvalue weighted by atomic mass is 35.5. The van der Waals surface area contributed by atoms with E-state index in [1.54, 1.807) is 0 Å². The average molecular weight is 441 g/mol. The minimum atomic E-state index is -0.441. The number of ether oxygens (including phenoxy) is 1. The molecular weight excluding hydrogens is 407 g/mol. The van der Waals surface area contributed by atoms with Gasteiger partial charge in [0.25, 0.3) is 0 Å². The predicted molar refractivity (Wildman–Crippen MR) is 124 cm³/mol. The van der Waals surface area contributed by atoms with Crippen LogP contribution in [0.2, 0.25) is 0 Å². The summed E-state index contributed by atoms with van der Waals surface area (Å²) in [7, 11) is 0. The SMILES string of the molecule is CCC(OCC(O)CN1CCN(Cc2ccccc2)CC1)c1ccccc1.Cl.Cl. The molecule has 0 radical (unpaired) electrons. The van der Waals surface area contributed by atoms with Gasteiger partial charge >= 0.3 is 0 Å². The number of piperazine rings is 1. The summed E-state index contributed by atoms with van der Waals surface area (Å²) in [5.41, 5.74) is 2.55. The Balaban J connectivity index is 0.00000210. The van der Waals surface area contributed by atoms with Gasteiger partial charge in [-0.2, -0.15) is 0 Å². The lowest BCUT2D eigenvalue weighted by Crippen LogP contribution is -2.48. The molecule has 162 valence electrons. The van der Waals surface area contributed by atoms with Crippen LogP contribution in [0.15, 0.2) is 60.7 Å². The Morgan fingerprint density at radius 3 is 2.00 bits per heavy atom. The van der Waals surface area contributed by atoms with E-state index < -0.39 is 6.10 Å². The molecule has 1 fully saturated rings. The van der Waals surface area contributed by atoms with Crippen molar-refractivity contribution in [2.45, 2.75) is 32.1 Å². The second-order valence-corrected chi connectivity index (χ2v) is 7.36. The number of β-amino-alcohol motifs (C(OH)–C–C–N with tert-alkyl or cyclic N) is 1. The zero-order chi connectivity index (χ0) is 18.9. The summed E-state index contributed by atoms with van der Waals surface area (Å²) in [6.07, 6.45) is 0.529. The van der Waals surface area contributed by atoms with Gasteiger partial charge in [-0.3, -0.25) is 9.80 Å². The summed E-state index contributed by atoms with van der Waals surface area (Å²) >= 11 is 0. The Morgan fingerprint density at radius 1 is 0.862 bits per heavy atom. The molecule has 0 saturated carbocycles. The fourth-order valence-electron chi connectivity index (χ4n) is 3.67. The quantitative estimate of drug-likeness (QED) is 0.634. The first kappa shape index (κ1) is 25.9. The van der Waals surface area contributed by atoms with E-state index in [4.69, 9.17) is 4.74 Å². The van der Waals surface area contributed by atoms with E-state index in [-0.39, 0.29) is 30.9 Å². The standard InChI is InChI=1S/C23H32N2O2.2ClH/c1-2-23(21-11-7-4-8-12-21)27-19-22(26)18-25-15-13-24(14-16-25)17-20-9-5-3-6-10-20;;/h3-12,22-23,26H,2,13-19H2,1H3;2*1H. The van der Waals surface area contributed by atoms with Gasteiger partial charge in [0, 0.05) is 39.3 Å². The Morgan fingerprint density at radius 2 is 1.41 bits per heavy atom. The molecule has 1 N–H and O–H groups in total. The van der Waals surface area contributed by atoms with Gasteiger partial charge in [-0.15, -0.1) is 24.8 Å². The van der Waals surface area contributed by atoms with Crippen LogP contribution in [0.5, 0.6) is 0 Å². The largest absolute Gasteiger partial charge is 0.389 e. The number of nitrogens with zero attached hydrogens (tertiary/aromatic N) is 2. The lowest BCUT2D eigenvalue weighted by molar-refractivity contribution is -0.0284. The molecule has 0 spiro atoms. The first-order valence-electron chi connectivity index (χ1n) is 10.1. The molecule has 0 bridgehead atoms. The summed E-state index contributed by atoms with van der Waals surface area (Å²) in [5, 5.41) is 10.4. The Hall–Kier alpha value is -1.14. The fourth-order valence-corrected chi connectivity index (χ4v) is 3.67. The van der Waals surface area contributed by atoms with E-state index >= 15 is 0 Å². The van der Waals surface area contributed by atoms with Gasteiger partial charge in [-0.25, -0.2) is 0 Å². The van der Waals surface area contributed by atoms with E-state index in [2.05, 4.69) is 59.2 Å². The number of hydrogen-bond donors (Lipinski definition) is 1. The third kappa shape index (κ3) is 8.63. The van der Waals surface area contributed by atoms with Crippen molar-refractivity contribution in [1.82, 2.24) is 9.80 Å². The van der Waals surface area contributed by atoms with Gasteiger partial charge in [0.2, 0.25) is 0 Å². The normalized spacial score (nSPS) is 17.0. The van der Waals surface area contributed by atoms with Gasteiger partial charge in [0.05, 0.1) is 18.8 Å². The monoisotopic (exact) mass is 440 g/mol. The number of halogens is 2. The van der Waals surface area contributed by atoms with Crippen LogP contribution in [0.1, 0.15) is 30.6 Å². The third-order valence-electron chi connectivity index (χ3n) is 5.21. The van der Waals surface area contributed by atoms with Crippen LogP contribution in [0, 0.1) is 0 Å². The molecule has 3 rings (SSSR count). The number of hydrogen-bond acceptors (Lipinski definition) is 4. The maximum atomic E-state index is 10.4. The molecule has 1 aliphatic rings. The highest BCUT2D eigenvalue weighted by molar-refractivity contribution is 5.85. The van der Waals surface area contributed by atoms with Crippen LogP contribution >= 0.6 is 24.8 Å². The van der Waals surface area contributed by atoms with Crippen LogP contribution in [-0.2, 0) is 11.3 Å². The molecule has 2 unspecified atom stereocenters.